The van der Waals surface area contributed by atoms with Crippen LogP contribution in [0.5, 0.6) is 0 Å². The number of carbonyl (C=O) groups is 1. The topological polar surface area (TPSA) is 75.1 Å². The number of carboxylic acid groups (broad SMARTS) is 1. The van der Waals surface area contributed by atoms with Crippen LogP contribution in [-0.2, 0) is 6.18 Å². The van der Waals surface area contributed by atoms with Crippen molar-refractivity contribution in [1.82, 2.24) is 9.97 Å². The molecule has 0 aliphatic heterocycles. The molecule has 2 rings (SSSR count). The fourth-order valence-electron chi connectivity index (χ4n) is 1.97. The number of benzene rings is 1. The summed E-state index contributed by atoms with van der Waals surface area (Å²) in [5, 5.41) is 11.9. The van der Waals surface area contributed by atoms with E-state index in [1.54, 1.807) is 6.92 Å². The van der Waals surface area contributed by atoms with E-state index >= 15 is 0 Å². The quantitative estimate of drug-likeness (QED) is 0.840. The van der Waals surface area contributed by atoms with E-state index in [0.717, 1.165) is 17.8 Å². The van der Waals surface area contributed by atoms with E-state index in [1.165, 1.54) is 25.1 Å². The third-order valence-electron chi connectivity index (χ3n) is 2.97. The summed E-state index contributed by atoms with van der Waals surface area (Å²) in [6.07, 6.45) is -4.49. The van der Waals surface area contributed by atoms with Gasteiger partial charge < -0.3 is 10.4 Å². The van der Waals surface area contributed by atoms with E-state index in [9.17, 15) is 18.0 Å². The molecule has 0 aliphatic rings. The lowest BCUT2D eigenvalue weighted by atomic mass is 10.2. The van der Waals surface area contributed by atoms with Crippen LogP contribution in [0.25, 0.3) is 0 Å². The van der Waals surface area contributed by atoms with Gasteiger partial charge in [-0.1, -0.05) is 23.9 Å². The maximum Gasteiger partial charge on any atom is 0.417 e. The molecule has 9 heteroatoms. The van der Waals surface area contributed by atoms with Crippen molar-refractivity contribution in [3.63, 3.8) is 0 Å². The highest BCUT2D eigenvalue weighted by atomic mass is 32.2. The van der Waals surface area contributed by atoms with Crippen LogP contribution in [0.1, 0.15) is 28.8 Å². The largest absolute Gasteiger partial charge is 0.475 e. The Hall–Kier alpha value is -2.29. The van der Waals surface area contributed by atoms with Crippen LogP contribution in [0, 0.1) is 6.92 Å². The molecule has 0 unspecified atom stereocenters. The number of hydrogen-bond acceptors (Lipinski definition) is 5. The molecule has 1 heterocycles. The zero-order valence-corrected chi connectivity index (χ0v) is 13.6. The zero-order valence-electron chi connectivity index (χ0n) is 12.8. The minimum Gasteiger partial charge on any atom is -0.475 e. The normalized spacial score (nSPS) is 11.4. The fourth-order valence-corrected chi connectivity index (χ4v) is 3.04. The number of nitrogens with one attached hydrogen (secondary N) is 1. The van der Waals surface area contributed by atoms with Gasteiger partial charge in [-0.05, 0) is 26.0 Å². The second kappa shape index (κ2) is 7.08. The molecular weight excluding hydrogens is 343 g/mol. The van der Waals surface area contributed by atoms with Crippen molar-refractivity contribution in [2.45, 2.75) is 29.8 Å². The number of aryl methyl sites for hydroxylation is 1. The average molecular weight is 357 g/mol. The van der Waals surface area contributed by atoms with Crippen LogP contribution < -0.4 is 5.32 Å². The molecule has 0 aliphatic carbocycles. The second-order valence-corrected chi connectivity index (χ2v) is 5.79. The first-order valence-corrected chi connectivity index (χ1v) is 7.75. The molecule has 0 spiro atoms. The van der Waals surface area contributed by atoms with E-state index in [0.29, 0.717) is 17.1 Å². The predicted molar refractivity (Wildman–Crippen MR) is 83.5 cm³/mol. The minimum absolute atomic E-state index is 0.000993. The molecule has 0 bridgehead atoms. The number of anilines is 1. The third kappa shape index (κ3) is 3.97. The van der Waals surface area contributed by atoms with Crippen molar-refractivity contribution in [3.8, 4) is 0 Å². The van der Waals surface area contributed by atoms with Crippen LogP contribution in [0.3, 0.4) is 0 Å². The van der Waals surface area contributed by atoms with Crippen LogP contribution in [0.2, 0.25) is 0 Å². The van der Waals surface area contributed by atoms with Gasteiger partial charge in [0.15, 0.2) is 0 Å². The van der Waals surface area contributed by atoms with Crippen LogP contribution in [0.4, 0.5) is 19.0 Å². The number of aromatic nitrogens is 2. The third-order valence-corrected chi connectivity index (χ3v) is 4.24. The van der Waals surface area contributed by atoms with Crippen LogP contribution in [-0.4, -0.2) is 27.6 Å². The SMILES string of the molecule is CCNc1nc(C(=O)O)nc(C)c1Sc1ccccc1C(F)(F)F. The maximum atomic E-state index is 13.1. The van der Waals surface area contributed by atoms with Gasteiger partial charge in [0.1, 0.15) is 5.82 Å². The molecule has 5 nitrogen and oxygen atoms in total. The number of halogens is 3. The molecule has 0 saturated heterocycles. The van der Waals surface area contributed by atoms with Gasteiger partial charge in [0.25, 0.3) is 0 Å². The summed E-state index contributed by atoms with van der Waals surface area (Å²) in [6.45, 7) is 3.74. The van der Waals surface area contributed by atoms with E-state index in [2.05, 4.69) is 15.3 Å². The van der Waals surface area contributed by atoms with Gasteiger partial charge in [-0.15, -0.1) is 0 Å². The summed E-state index contributed by atoms with van der Waals surface area (Å²) in [4.78, 5) is 19.2. The van der Waals surface area contributed by atoms with Crippen molar-refractivity contribution >= 4 is 23.5 Å². The molecule has 128 valence electrons. The number of rotatable bonds is 5. The summed E-state index contributed by atoms with van der Waals surface area (Å²) in [5.41, 5.74) is -0.473. The number of hydrogen-bond donors (Lipinski definition) is 2. The van der Waals surface area contributed by atoms with Crippen molar-refractivity contribution < 1.29 is 23.1 Å². The van der Waals surface area contributed by atoms with Crippen molar-refractivity contribution in [3.05, 3.63) is 41.3 Å². The number of carboxylic acids is 1. The van der Waals surface area contributed by atoms with Gasteiger partial charge in [-0.2, -0.15) is 13.2 Å². The maximum absolute atomic E-state index is 13.1. The number of nitrogens with zero attached hydrogens (tertiary/aromatic N) is 2. The average Bonchev–Trinajstić information content (AvgIpc) is 2.50. The Balaban J connectivity index is 2.52. The first kappa shape index (κ1) is 18.1. The highest BCUT2D eigenvalue weighted by molar-refractivity contribution is 7.99. The molecule has 2 N–H and O–H groups in total. The molecule has 0 fully saturated rings. The Morgan fingerprint density at radius 1 is 1.29 bits per heavy atom. The molecule has 0 radical (unpaired) electrons. The summed E-state index contributed by atoms with van der Waals surface area (Å²) in [7, 11) is 0. The van der Waals surface area contributed by atoms with Crippen molar-refractivity contribution in [1.29, 1.82) is 0 Å². The van der Waals surface area contributed by atoms with E-state index in [-0.39, 0.29) is 10.7 Å². The van der Waals surface area contributed by atoms with E-state index in [1.807, 2.05) is 0 Å². The Kier molecular flexibility index (Phi) is 5.33. The van der Waals surface area contributed by atoms with Gasteiger partial charge in [0.05, 0.1) is 16.2 Å². The molecular formula is C15H14F3N3O2S. The van der Waals surface area contributed by atoms with Gasteiger partial charge in [-0.25, -0.2) is 14.8 Å². The minimum atomic E-state index is -4.49. The molecule has 1 aromatic carbocycles. The van der Waals surface area contributed by atoms with Gasteiger partial charge in [-0.3, -0.25) is 0 Å². The smallest absolute Gasteiger partial charge is 0.417 e. The Morgan fingerprint density at radius 2 is 1.96 bits per heavy atom. The van der Waals surface area contributed by atoms with Gasteiger partial charge >= 0.3 is 12.1 Å². The van der Waals surface area contributed by atoms with Crippen LogP contribution in [0.15, 0.2) is 34.1 Å². The van der Waals surface area contributed by atoms with Crippen LogP contribution >= 0.6 is 11.8 Å². The van der Waals surface area contributed by atoms with Crippen molar-refractivity contribution in [2.24, 2.45) is 0 Å². The summed E-state index contributed by atoms with van der Waals surface area (Å²) >= 11 is 0.854. The molecule has 0 atom stereocenters. The first-order valence-electron chi connectivity index (χ1n) is 6.94. The monoisotopic (exact) mass is 357 g/mol. The molecule has 1 aromatic heterocycles. The van der Waals surface area contributed by atoms with Gasteiger partial charge in [0.2, 0.25) is 5.82 Å². The summed E-state index contributed by atoms with van der Waals surface area (Å²) < 4.78 is 39.4. The first-order chi connectivity index (χ1) is 11.2. The number of aromatic carboxylic acids is 1. The van der Waals surface area contributed by atoms with E-state index in [4.69, 9.17) is 5.11 Å². The fraction of sp³-hybridized carbons (Fsp3) is 0.267. The summed E-state index contributed by atoms with van der Waals surface area (Å²) in [6, 6.07) is 5.17. The summed E-state index contributed by atoms with van der Waals surface area (Å²) in [5.74, 6) is -1.51. The molecule has 2 aromatic rings. The van der Waals surface area contributed by atoms with Crippen molar-refractivity contribution in [2.75, 3.05) is 11.9 Å². The van der Waals surface area contributed by atoms with E-state index < -0.39 is 23.5 Å². The highest BCUT2D eigenvalue weighted by Crippen LogP contribution is 2.41. The van der Waals surface area contributed by atoms with Gasteiger partial charge in [0, 0.05) is 11.4 Å². The molecule has 24 heavy (non-hydrogen) atoms. The Labute approximate surface area is 140 Å². The second-order valence-electron chi connectivity index (χ2n) is 4.74. The molecule has 0 saturated carbocycles. The zero-order chi connectivity index (χ0) is 17.9. The highest BCUT2D eigenvalue weighted by Gasteiger charge is 2.33. The lowest BCUT2D eigenvalue weighted by Gasteiger charge is -2.15. The standard InChI is InChI=1S/C15H14F3N3O2S/c1-3-19-12-11(8(2)20-13(21-12)14(22)23)24-10-7-5-4-6-9(10)15(16,17)18/h4-7H,3H2,1-2H3,(H,22,23)(H,19,20,21). The Morgan fingerprint density at radius 3 is 2.54 bits per heavy atom. The number of alkyl halides is 3. The Bertz CT molecular complexity index is 766. The predicted octanol–water partition coefficient (Wildman–Crippen LogP) is 4.09. The molecule has 0 amide bonds. The lowest BCUT2D eigenvalue weighted by molar-refractivity contribution is -0.139. The lowest BCUT2D eigenvalue weighted by Crippen LogP contribution is -2.12.